The number of rotatable bonds is 3. The van der Waals surface area contributed by atoms with E-state index in [4.69, 9.17) is 9.15 Å². The van der Waals surface area contributed by atoms with Crippen LogP contribution in [0.25, 0.3) is 11.3 Å². The summed E-state index contributed by atoms with van der Waals surface area (Å²) in [4.78, 5) is 7.94. The van der Waals surface area contributed by atoms with Gasteiger partial charge in [-0.3, -0.25) is 0 Å². The Bertz CT molecular complexity index is 531. The third-order valence-electron chi connectivity index (χ3n) is 2.07. The second-order valence-electron chi connectivity index (χ2n) is 2.96. The second-order valence-corrected chi connectivity index (χ2v) is 3.14. The van der Waals surface area contributed by atoms with Crippen LogP contribution < -0.4 is 4.74 Å². The first-order valence-corrected chi connectivity index (χ1v) is 4.90. The fraction of sp³-hybridized carbons (Fsp3) is 0.0909. The quantitative estimate of drug-likeness (QED) is 0.602. The lowest BCUT2D eigenvalue weighted by molar-refractivity contribution is 0.416. The van der Waals surface area contributed by atoms with Crippen molar-refractivity contribution in [1.29, 1.82) is 0 Å². The standard InChI is InChI=1S/C11H8N2O2S/c1-14-11-4-8(13-7-16)2-3-9(11)10-5-15-6-12-10/h2-6H,1H3. The van der Waals surface area contributed by atoms with Gasteiger partial charge in [0.1, 0.15) is 17.7 Å². The van der Waals surface area contributed by atoms with Crippen LogP contribution in [0.5, 0.6) is 5.75 Å². The lowest BCUT2D eigenvalue weighted by Gasteiger charge is -2.05. The molecule has 5 heteroatoms. The Morgan fingerprint density at radius 3 is 3.00 bits per heavy atom. The molecule has 0 aliphatic heterocycles. The van der Waals surface area contributed by atoms with Crippen LogP contribution in [0.4, 0.5) is 5.69 Å². The molecule has 2 aromatic rings. The summed E-state index contributed by atoms with van der Waals surface area (Å²) in [5, 5.41) is 2.31. The molecule has 80 valence electrons. The summed E-state index contributed by atoms with van der Waals surface area (Å²) in [6.45, 7) is 0. The first kappa shape index (κ1) is 10.5. The molecule has 0 fully saturated rings. The normalized spacial score (nSPS) is 9.56. The van der Waals surface area contributed by atoms with Gasteiger partial charge >= 0.3 is 0 Å². The third-order valence-corrected chi connectivity index (χ3v) is 2.16. The average Bonchev–Trinajstić information content (AvgIpc) is 2.83. The Morgan fingerprint density at radius 1 is 1.50 bits per heavy atom. The van der Waals surface area contributed by atoms with Crippen molar-refractivity contribution in [1.82, 2.24) is 4.98 Å². The Balaban J connectivity index is 2.51. The minimum absolute atomic E-state index is 0.667. The number of isothiocyanates is 1. The molecule has 0 radical (unpaired) electrons. The van der Waals surface area contributed by atoms with Crippen LogP contribution in [0.2, 0.25) is 0 Å². The van der Waals surface area contributed by atoms with Crippen molar-refractivity contribution in [2.75, 3.05) is 7.11 Å². The minimum Gasteiger partial charge on any atom is -0.496 e. The first-order chi connectivity index (χ1) is 7.85. The van der Waals surface area contributed by atoms with E-state index >= 15 is 0 Å². The molecule has 0 unspecified atom stereocenters. The fourth-order valence-electron chi connectivity index (χ4n) is 1.36. The molecule has 2 rings (SSSR count). The van der Waals surface area contributed by atoms with E-state index in [1.165, 1.54) is 6.39 Å². The van der Waals surface area contributed by atoms with Gasteiger partial charge in [-0.15, -0.1) is 0 Å². The van der Waals surface area contributed by atoms with E-state index in [-0.39, 0.29) is 0 Å². The van der Waals surface area contributed by atoms with Gasteiger partial charge in [-0.2, -0.15) is 4.99 Å². The van der Waals surface area contributed by atoms with Crippen LogP contribution in [0.1, 0.15) is 0 Å². The maximum atomic E-state index is 5.25. The number of ether oxygens (including phenoxy) is 1. The number of methoxy groups -OCH3 is 1. The number of aromatic nitrogens is 1. The zero-order valence-electron chi connectivity index (χ0n) is 8.51. The lowest BCUT2D eigenvalue weighted by atomic mass is 10.1. The van der Waals surface area contributed by atoms with Gasteiger partial charge in [0.25, 0.3) is 0 Å². The second kappa shape index (κ2) is 4.70. The van der Waals surface area contributed by atoms with E-state index in [9.17, 15) is 0 Å². The molecular formula is C11H8N2O2S. The van der Waals surface area contributed by atoms with Crippen molar-refractivity contribution < 1.29 is 9.15 Å². The number of oxazole rings is 1. The molecule has 0 N–H and O–H groups in total. The zero-order valence-corrected chi connectivity index (χ0v) is 9.32. The maximum absolute atomic E-state index is 5.25. The molecule has 0 saturated carbocycles. The minimum atomic E-state index is 0.667. The van der Waals surface area contributed by atoms with Crippen molar-refractivity contribution in [3.63, 3.8) is 0 Å². The van der Waals surface area contributed by atoms with E-state index in [0.717, 1.165) is 11.3 Å². The summed E-state index contributed by atoms with van der Waals surface area (Å²) in [7, 11) is 1.59. The van der Waals surface area contributed by atoms with E-state index < -0.39 is 0 Å². The lowest BCUT2D eigenvalue weighted by Crippen LogP contribution is -1.87. The number of hydrogen-bond acceptors (Lipinski definition) is 5. The van der Waals surface area contributed by atoms with Crippen molar-refractivity contribution >= 4 is 23.1 Å². The van der Waals surface area contributed by atoms with Crippen molar-refractivity contribution in [2.24, 2.45) is 4.99 Å². The molecule has 4 nitrogen and oxygen atoms in total. The summed E-state index contributed by atoms with van der Waals surface area (Å²) < 4.78 is 10.2. The molecule has 0 atom stereocenters. The van der Waals surface area contributed by atoms with Crippen molar-refractivity contribution in [3.05, 3.63) is 30.9 Å². The van der Waals surface area contributed by atoms with Crippen molar-refractivity contribution in [3.8, 4) is 17.0 Å². The highest BCUT2D eigenvalue weighted by molar-refractivity contribution is 7.78. The number of hydrogen-bond donors (Lipinski definition) is 0. The maximum Gasteiger partial charge on any atom is 0.181 e. The Hall–Kier alpha value is -1.97. The molecule has 0 aliphatic rings. The topological polar surface area (TPSA) is 47.6 Å². The van der Waals surface area contributed by atoms with Gasteiger partial charge in [-0.05, 0) is 24.4 Å². The number of benzene rings is 1. The highest BCUT2D eigenvalue weighted by atomic mass is 32.1. The van der Waals surface area contributed by atoms with Crippen LogP contribution in [0.15, 0.2) is 40.3 Å². The van der Waals surface area contributed by atoms with Gasteiger partial charge in [0.05, 0.1) is 18.0 Å². The van der Waals surface area contributed by atoms with Gasteiger partial charge < -0.3 is 9.15 Å². The summed E-state index contributed by atoms with van der Waals surface area (Å²) >= 11 is 4.54. The van der Waals surface area contributed by atoms with Crippen LogP contribution in [-0.4, -0.2) is 17.3 Å². The van der Waals surface area contributed by atoms with Gasteiger partial charge in [-0.1, -0.05) is 0 Å². The van der Waals surface area contributed by atoms with E-state index in [1.54, 1.807) is 19.4 Å². The van der Waals surface area contributed by atoms with Crippen LogP contribution in [0.3, 0.4) is 0 Å². The molecule has 0 saturated heterocycles. The SMILES string of the molecule is COc1cc(N=C=S)ccc1-c1cocn1. The van der Waals surface area contributed by atoms with Gasteiger partial charge in [0.15, 0.2) is 6.39 Å². The summed E-state index contributed by atoms with van der Waals surface area (Å²) in [5.74, 6) is 0.667. The number of thiocarbonyl (C=S) groups is 1. The molecule has 0 aliphatic carbocycles. The molecule has 1 aromatic heterocycles. The Labute approximate surface area is 97.6 Å². The van der Waals surface area contributed by atoms with E-state index in [2.05, 4.69) is 27.4 Å². The van der Waals surface area contributed by atoms with Gasteiger partial charge in [0.2, 0.25) is 0 Å². The largest absolute Gasteiger partial charge is 0.496 e. The van der Waals surface area contributed by atoms with Crippen LogP contribution in [-0.2, 0) is 0 Å². The zero-order chi connectivity index (χ0) is 11.4. The molecule has 0 spiro atoms. The molecule has 1 heterocycles. The van der Waals surface area contributed by atoms with E-state index in [0.29, 0.717) is 11.4 Å². The fourth-order valence-corrected chi connectivity index (χ4v) is 1.46. The molecule has 1 aromatic carbocycles. The van der Waals surface area contributed by atoms with Crippen molar-refractivity contribution in [2.45, 2.75) is 0 Å². The Morgan fingerprint density at radius 2 is 2.38 bits per heavy atom. The summed E-state index contributed by atoms with van der Waals surface area (Å²) in [6.07, 6.45) is 2.93. The smallest absolute Gasteiger partial charge is 0.181 e. The van der Waals surface area contributed by atoms with Gasteiger partial charge in [0, 0.05) is 11.6 Å². The van der Waals surface area contributed by atoms with Gasteiger partial charge in [-0.25, -0.2) is 4.98 Å². The summed E-state index contributed by atoms with van der Waals surface area (Å²) in [6, 6.07) is 5.43. The monoisotopic (exact) mass is 232 g/mol. The first-order valence-electron chi connectivity index (χ1n) is 4.49. The number of nitrogens with zero attached hydrogens (tertiary/aromatic N) is 2. The number of aliphatic imine (C=N–C) groups is 1. The summed E-state index contributed by atoms with van der Waals surface area (Å²) in [5.41, 5.74) is 2.26. The average molecular weight is 232 g/mol. The molecular weight excluding hydrogens is 224 g/mol. The predicted molar refractivity (Wildman–Crippen MR) is 63.2 cm³/mol. The Kier molecular flexibility index (Phi) is 3.10. The molecule has 0 bridgehead atoms. The van der Waals surface area contributed by atoms with Crippen LogP contribution in [0, 0.1) is 0 Å². The predicted octanol–water partition coefficient (Wildman–Crippen LogP) is 3.08. The molecule has 0 amide bonds. The highest BCUT2D eigenvalue weighted by Gasteiger charge is 2.08. The third kappa shape index (κ3) is 2.00. The highest BCUT2D eigenvalue weighted by Crippen LogP contribution is 2.32. The van der Waals surface area contributed by atoms with E-state index in [1.807, 2.05) is 12.1 Å². The van der Waals surface area contributed by atoms with Crippen LogP contribution >= 0.6 is 12.2 Å². The molecule has 16 heavy (non-hydrogen) atoms.